The maximum absolute atomic E-state index is 11.4. The lowest BCUT2D eigenvalue weighted by atomic mass is 10.1. The van der Waals surface area contributed by atoms with Gasteiger partial charge < -0.3 is 4.74 Å². The minimum atomic E-state index is 0.0846. The molecule has 0 aromatic heterocycles. The van der Waals surface area contributed by atoms with Gasteiger partial charge in [-0.15, -0.1) is 0 Å². The molecule has 110 valence electrons. The molecule has 0 amide bonds. The van der Waals surface area contributed by atoms with E-state index in [2.05, 4.69) is 14.7 Å². The molecule has 0 spiro atoms. The Morgan fingerprint density at radius 2 is 1.53 bits per heavy atom. The number of piperazine rings is 1. The lowest BCUT2D eigenvalue weighted by Gasteiger charge is -2.38. The van der Waals surface area contributed by atoms with E-state index in [9.17, 15) is 4.79 Å². The SMILES string of the molecule is CC(=O)C(C)N1CCN(CCN2CCOCC2)CC1. The van der Waals surface area contributed by atoms with E-state index >= 15 is 0 Å². The molecule has 0 aromatic carbocycles. The first-order chi connectivity index (χ1) is 9.16. The van der Waals surface area contributed by atoms with Crippen LogP contribution in [-0.2, 0) is 9.53 Å². The first-order valence-corrected chi connectivity index (χ1v) is 7.44. The molecule has 5 nitrogen and oxygen atoms in total. The van der Waals surface area contributed by atoms with Gasteiger partial charge in [-0.1, -0.05) is 0 Å². The van der Waals surface area contributed by atoms with Crippen LogP contribution in [0.2, 0.25) is 0 Å². The molecule has 2 aliphatic heterocycles. The van der Waals surface area contributed by atoms with E-state index in [1.165, 1.54) is 0 Å². The molecule has 5 heteroatoms. The molecule has 0 radical (unpaired) electrons. The molecular formula is C14H27N3O2. The number of nitrogens with zero attached hydrogens (tertiary/aromatic N) is 3. The number of ketones is 1. The highest BCUT2D eigenvalue weighted by molar-refractivity contribution is 5.80. The highest BCUT2D eigenvalue weighted by atomic mass is 16.5. The van der Waals surface area contributed by atoms with Gasteiger partial charge in [0.15, 0.2) is 0 Å². The van der Waals surface area contributed by atoms with Gasteiger partial charge in [-0.2, -0.15) is 0 Å². The summed E-state index contributed by atoms with van der Waals surface area (Å²) in [5, 5.41) is 0. The van der Waals surface area contributed by atoms with Crippen LogP contribution in [0.1, 0.15) is 13.8 Å². The van der Waals surface area contributed by atoms with E-state index in [1.54, 1.807) is 6.92 Å². The third-order valence-electron chi connectivity index (χ3n) is 4.38. The Bertz CT molecular complexity index is 284. The molecule has 2 fully saturated rings. The summed E-state index contributed by atoms with van der Waals surface area (Å²) >= 11 is 0. The molecule has 1 atom stereocenters. The molecule has 0 aliphatic carbocycles. The molecule has 0 saturated carbocycles. The molecule has 2 heterocycles. The van der Waals surface area contributed by atoms with Crippen molar-refractivity contribution < 1.29 is 9.53 Å². The van der Waals surface area contributed by atoms with Gasteiger partial charge >= 0.3 is 0 Å². The lowest BCUT2D eigenvalue weighted by molar-refractivity contribution is -0.122. The zero-order chi connectivity index (χ0) is 13.7. The Morgan fingerprint density at radius 3 is 2.05 bits per heavy atom. The van der Waals surface area contributed by atoms with Crippen LogP contribution in [0.15, 0.2) is 0 Å². The van der Waals surface area contributed by atoms with Gasteiger partial charge in [0, 0.05) is 52.4 Å². The zero-order valence-electron chi connectivity index (χ0n) is 12.3. The Balaban J connectivity index is 1.64. The summed E-state index contributed by atoms with van der Waals surface area (Å²) in [5.74, 6) is 0.279. The minimum Gasteiger partial charge on any atom is -0.379 e. The van der Waals surface area contributed by atoms with E-state index in [0.717, 1.165) is 65.6 Å². The number of morpholine rings is 1. The number of carbonyl (C=O) groups is 1. The van der Waals surface area contributed by atoms with Gasteiger partial charge in [-0.05, 0) is 13.8 Å². The summed E-state index contributed by atoms with van der Waals surface area (Å²) < 4.78 is 5.36. The third kappa shape index (κ3) is 4.53. The average Bonchev–Trinajstić information content (AvgIpc) is 2.46. The normalized spacial score (nSPS) is 25.4. The summed E-state index contributed by atoms with van der Waals surface area (Å²) in [4.78, 5) is 18.7. The molecule has 1 unspecified atom stereocenters. The summed E-state index contributed by atoms with van der Waals surface area (Å²) in [6.07, 6.45) is 0. The number of hydrogen-bond donors (Lipinski definition) is 0. The summed E-state index contributed by atoms with van der Waals surface area (Å²) in [6, 6.07) is 0.0846. The lowest BCUT2D eigenvalue weighted by Crippen LogP contribution is -2.52. The van der Waals surface area contributed by atoms with Gasteiger partial charge in [0.05, 0.1) is 19.3 Å². The molecule has 2 rings (SSSR count). The second kappa shape index (κ2) is 7.33. The summed E-state index contributed by atoms with van der Waals surface area (Å²) in [6.45, 7) is 14.1. The number of Topliss-reactive ketones (excluding diaryl/α,β-unsaturated/α-hetero) is 1. The highest BCUT2D eigenvalue weighted by Gasteiger charge is 2.23. The van der Waals surface area contributed by atoms with Crippen LogP contribution in [0, 0.1) is 0 Å². The highest BCUT2D eigenvalue weighted by Crippen LogP contribution is 2.07. The van der Waals surface area contributed by atoms with E-state index in [-0.39, 0.29) is 11.8 Å². The monoisotopic (exact) mass is 269 g/mol. The minimum absolute atomic E-state index is 0.0846. The quantitative estimate of drug-likeness (QED) is 0.697. The molecule has 0 bridgehead atoms. The molecular weight excluding hydrogens is 242 g/mol. The van der Waals surface area contributed by atoms with Crippen LogP contribution in [0.4, 0.5) is 0 Å². The van der Waals surface area contributed by atoms with Crippen molar-refractivity contribution in [2.75, 3.05) is 65.6 Å². The smallest absolute Gasteiger partial charge is 0.146 e. The van der Waals surface area contributed by atoms with Gasteiger partial charge in [-0.25, -0.2) is 0 Å². The maximum atomic E-state index is 11.4. The largest absolute Gasteiger partial charge is 0.379 e. The molecule has 2 aliphatic rings. The van der Waals surface area contributed by atoms with Crippen molar-refractivity contribution in [3.8, 4) is 0 Å². The Morgan fingerprint density at radius 1 is 1.00 bits per heavy atom. The van der Waals surface area contributed by atoms with Crippen molar-refractivity contribution in [2.24, 2.45) is 0 Å². The van der Waals surface area contributed by atoms with Crippen LogP contribution in [0.5, 0.6) is 0 Å². The van der Waals surface area contributed by atoms with E-state index in [1.807, 2.05) is 6.92 Å². The predicted octanol–water partition coefficient (Wildman–Crippen LogP) is -0.0863. The second-order valence-corrected chi connectivity index (χ2v) is 5.62. The van der Waals surface area contributed by atoms with Crippen LogP contribution >= 0.6 is 0 Å². The van der Waals surface area contributed by atoms with Crippen molar-refractivity contribution in [3.63, 3.8) is 0 Å². The number of rotatable bonds is 5. The van der Waals surface area contributed by atoms with Crippen molar-refractivity contribution in [1.29, 1.82) is 0 Å². The van der Waals surface area contributed by atoms with Crippen LogP contribution in [-0.4, -0.2) is 92.1 Å². The van der Waals surface area contributed by atoms with Crippen molar-refractivity contribution in [1.82, 2.24) is 14.7 Å². The standard InChI is InChI=1S/C14H27N3O2/c1-13(14(2)18)17-7-5-15(6-8-17)3-4-16-9-11-19-12-10-16/h13H,3-12H2,1-2H3. The van der Waals surface area contributed by atoms with Crippen molar-refractivity contribution in [3.05, 3.63) is 0 Å². The fourth-order valence-electron chi connectivity index (χ4n) is 2.74. The van der Waals surface area contributed by atoms with Gasteiger partial charge in [0.2, 0.25) is 0 Å². The Kier molecular flexibility index (Phi) is 5.76. The number of carbonyl (C=O) groups excluding carboxylic acids is 1. The van der Waals surface area contributed by atoms with Gasteiger partial charge in [0.1, 0.15) is 5.78 Å². The molecule has 2 saturated heterocycles. The maximum Gasteiger partial charge on any atom is 0.146 e. The summed E-state index contributed by atoms with van der Waals surface area (Å²) in [7, 11) is 0. The fourth-order valence-corrected chi connectivity index (χ4v) is 2.74. The fraction of sp³-hybridized carbons (Fsp3) is 0.929. The van der Waals surface area contributed by atoms with Gasteiger partial charge in [0.25, 0.3) is 0 Å². The molecule has 19 heavy (non-hydrogen) atoms. The third-order valence-corrected chi connectivity index (χ3v) is 4.38. The van der Waals surface area contributed by atoms with E-state index in [4.69, 9.17) is 4.74 Å². The zero-order valence-corrected chi connectivity index (χ0v) is 12.3. The molecule has 0 N–H and O–H groups in total. The first-order valence-electron chi connectivity index (χ1n) is 7.44. The van der Waals surface area contributed by atoms with Crippen LogP contribution in [0.25, 0.3) is 0 Å². The topological polar surface area (TPSA) is 36.0 Å². The van der Waals surface area contributed by atoms with Crippen LogP contribution in [0.3, 0.4) is 0 Å². The van der Waals surface area contributed by atoms with Gasteiger partial charge in [-0.3, -0.25) is 19.5 Å². The molecule has 0 aromatic rings. The average molecular weight is 269 g/mol. The van der Waals surface area contributed by atoms with Crippen molar-refractivity contribution >= 4 is 5.78 Å². The second-order valence-electron chi connectivity index (χ2n) is 5.62. The van der Waals surface area contributed by atoms with Crippen molar-refractivity contribution in [2.45, 2.75) is 19.9 Å². The first kappa shape index (κ1) is 14.9. The Labute approximate surface area is 116 Å². The number of hydrogen-bond acceptors (Lipinski definition) is 5. The Hall–Kier alpha value is -0.490. The number of ether oxygens (including phenoxy) is 1. The summed E-state index contributed by atoms with van der Waals surface area (Å²) in [5.41, 5.74) is 0. The predicted molar refractivity (Wildman–Crippen MR) is 75.4 cm³/mol. The van der Waals surface area contributed by atoms with E-state index in [0.29, 0.717) is 0 Å². The van der Waals surface area contributed by atoms with E-state index < -0.39 is 0 Å². The van der Waals surface area contributed by atoms with Crippen LogP contribution < -0.4 is 0 Å².